The van der Waals surface area contributed by atoms with Crippen LogP contribution in [0.15, 0.2) is 42.7 Å². The largest absolute Gasteiger partial charge is 0.444 e. The van der Waals surface area contributed by atoms with E-state index in [4.69, 9.17) is 16.3 Å². The van der Waals surface area contributed by atoms with Gasteiger partial charge in [0.05, 0.1) is 24.0 Å². The number of ether oxygens (including phenoxy) is 1. The van der Waals surface area contributed by atoms with Gasteiger partial charge in [0.15, 0.2) is 5.69 Å². The van der Waals surface area contributed by atoms with E-state index in [9.17, 15) is 4.79 Å². The van der Waals surface area contributed by atoms with Crippen LogP contribution in [0.25, 0.3) is 21.6 Å². The molecule has 7 heteroatoms. The van der Waals surface area contributed by atoms with E-state index in [0.29, 0.717) is 18.8 Å². The lowest BCUT2D eigenvalue weighted by Crippen LogP contribution is -2.42. The molecule has 1 fully saturated rings. The van der Waals surface area contributed by atoms with E-state index in [-0.39, 0.29) is 12.0 Å². The zero-order valence-electron chi connectivity index (χ0n) is 17.5. The molecule has 4 heterocycles. The average molecular weight is 403 g/mol. The lowest BCUT2D eigenvalue weighted by molar-refractivity contribution is 0.0197. The molecule has 0 spiro atoms. The number of likely N-dealkylation sites (tertiary alicyclic amines) is 1. The minimum absolute atomic E-state index is 0.159. The van der Waals surface area contributed by atoms with Gasteiger partial charge in [-0.3, -0.25) is 4.98 Å². The highest BCUT2D eigenvalue weighted by Gasteiger charge is 2.29. The molecule has 3 aromatic heterocycles. The van der Waals surface area contributed by atoms with Gasteiger partial charge >= 0.3 is 6.09 Å². The number of nitrogens with zero attached hydrogens (tertiary/aromatic N) is 5. The molecule has 0 aromatic carbocycles. The van der Waals surface area contributed by atoms with Crippen LogP contribution in [0.5, 0.6) is 0 Å². The first-order valence-corrected chi connectivity index (χ1v) is 10.1. The normalized spacial score (nSPS) is 17.0. The van der Waals surface area contributed by atoms with Gasteiger partial charge in [-0.25, -0.2) is 14.2 Å². The number of aromatic nitrogens is 3. The van der Waals surface area contributed by atoms with Gasteiger partial charge in [0.25, 0.3) is 0 Å². The molecule has 1 saturated heterocycles. The van der Waals surface area contributed by atoms with Crippen molar-refractivity contribution in [2.45, 2.75) is 45.1 Å². The summed E-state index contributed by atoms with van der Waals surface area (Å²) in [5.41, 5.74) is 3.59. The Morgan fingerprint density at radius 3 is 2.90 bits per heavy atom. The number of amides is 1. The number of rotatable bonds is 2. The summed E-state index contributed by atoms with van der Waals surface area (Å²) in [6, 6.07) is 9.54. The van der Waals surface area contributed by atoms with Gasteiger partial charge in [-0.05, 0) is 57.9 Å². The lowest BCUT2D eigenvalue weighted by atomic mass is 9.94. The third-order valence-corrected chi connectivity index (χ3v) is 5.17. The second-order valence-electron chi connectivity index (χ2n) is 8.60. The smallest absolute Gasteiger partial charge is 0.410 e. The number of pyridine rings is 2. The molecule has 4 rings (SSSR count). The monoisotopic (exact) mass is 403 g/mol. The topological polar surface area (TPSA) is 64.1 Å². The number of carbonyl (C=O) groups excluding carboxylic acids is 1. The molecular weight excluding hydrogens is 378 g/mol. The van der Waals surface area contributed by atoms with Crippen molar-refractivity contribution < 1.29 is 9.53 Å². The molecule has 30 heavy (non-hydrogen) atoms. The fraction of sp³-hybridized carbons (Fsp3) is 0.391. The quantitative estimate of drug-likeness (QED) is 0.561. The molecule has 0 aliphatic carbocycles. The van der Waals surface area contributed by atoms with Gasteiger partial charge in [-0.1, -0.05) is 6.07 Å². The zero-order valence-corrected chi connectivity index (χ0v) is 17.5. The summed E-state index contributed by atoms with van der Waals surface area (Å²) in [7, 11) is 0. The summed E-state index contributed by atoms with van der Waals surface area (Å²) in [6.07, 6.45) is 5.20. The zero-order chi connectivity index (χ0) is 21.3. The minimum Gasteiger partial charge on any atom is -0.444 e. The Morgan fingerprint density at radius 1 is 1.30 bits per heavy atom. The van der Waals surface area contributed by atoms with Gasteiger partial charge < -0.3 is 9.64 Å². The van der Waals surface area contributed by atoms with Crippen LogP contribution in [-0.4, -0.2) is 44.3 Å². The summed E-state index contributed by atoms with van der Waals surface area (Å²) < 4.78 is 7.30. The van der Waals surface area contributed by atoms with Crippen LogP contribution >= 0.6 is 0 Å². The van der Waals surface area contributed by atoms with Crippen molar-refractivity contribution >= 4 is 17.3 Å². The summed E-state index contributed by atoms with van der Waals surface area (Å²) in [5, 5.41) is 4.39. The van der Waals surface area contributed by atoms with Gasteiger partial charge in [0.2, 0.25) is 0 Å². The van der Waals surface area contributed by atoms with Gasteiger partial charge in [-0.2, -0.15) is 5.10 Å². The molecule has 0 bridgehead atoms. The fourth-order valence-corrected chi connectivity index (χ4v) is 3.78. The second-order valence-corrected chi connectivity index (χ2v) is 8.60. The molecule has 0 saturated carbocycles. The van der Waals surface area contributed by atoms with Gasteiger partial charge in [0, 0.05) is 36.5 Å². The Bertz CT molecular complexity index is 1120. The Morgan fingerprint density at radius 2 is 2.13 bits per heavy atom. The number of hydrogen-bond acceptors (Lipinski definition) is 4. The third-order valence-electron chi connectivity index (χ3n) is 5.17. The molecule has 0 N–H and O–H groups in total. The van der Waals surface area contributed by atoms with Crippen molar-refractivity contribution in [1.29, 1.82) is 0 Å². The number of piperidine rings is 1. The predicted molar refractivity (Wildman–Crippen MR) is 114 cm³/mol. The highest BCUT2D eigenvalue weighted by atomic mass is 16.6. The summed E-state index contributed by atoms with van der Waals surface area (Å²) in [5.74, 6) is 0.159. The van der Waals surface area contributed by atoms with Crippen LogP contribution in [0.3, 0.4) is 0 Å². The molecule has 1 aliphatic rings. The highest BCUT2D eigenvalue weighted by Crippen LogP contribution is 2.30. The van der Waals surface area contributed by atoms with E-state index in [2.05, 4.69) is 9.94 Å². The standard InChI is InChI=1S/C23H25N5O2/c1-23(2,3)30-22(29)27-11-6-7-16(15-27)19-8-5-9-20(26-19)18-14-25-28-12-10-17(24-4)13-21(18)28/h5,8-10,12-14,16H,6-7,11,15H2,1-3H3. The minimum atomic E-state index is -0.504. The van der Waals surface area contributed by atoms with Crippen LogP contribution in [0.1, 0.15) is 45.2 Å². The summed E-state index contributed by atoms with van der Waals surface area (Å²) in [4.78, 5) is 22.7. The van der Waals surface area contributed by atoms with E-state index < -0.39 is 5.60 Å². The maximum atomic E-state index is 12.5. The second kappa shape index (κ2) is 7.79. The average Bonchev–Trinajstić information content (AvgIpc) is 3.16. The van der Waals surface area contributed by atoms with Crippen molar-refractivity contribution in [3.63, 3.8) is 0 Å². The molecular formula is C23H25N5O2. The van der Waals surface area contributed by atoms with Crippen LogP contribution in [0.4, 0.5) is 10.5 Å². The van der Waals surface area contributed by atoms with Crippen molar-refractivity contribution in [3.05, 3.63) is 59.8 Å². The first kappa shape index (κ1) is 19.9. The first-order valence-electron chi connectivity index (χ1n) is 10.1. The molecule has 1 atom stereocenters. The first-order chi connectivity index (χ1) is 14.3. The SMILES string of the molecule is [C-]#[N+]c1ccn2ncc(-c3cccc(C4CCCN(C(=O)OC(C)(C)C)C4)n3)c2c1. The van der Waals surface area contributed by atoms with Crippen molar-refractivity contribution in [1.82, 2.24) is 19.5 Å². The van der Waals surface area contributed by atoms with E-state index in [0.717, 1.165) is 35.3 Å². The Hall–Kier alpha value is -3.40. The van der Waals surface area contributed by atoms with Crippen LogP contribution in [0, 0.1) is 6.57 Å². The van der Waals surface area contributed by atoms with Gasteiger partial charge in [0.1, 0.15) is 5.60 Å². The van der Waals surface area contributed by atoms with Crippen molar-refractivity contribution in [3.8, 4) is 11.3 Å². The van der Waals surface area contributed by atoms with E-state index in [1.165, 1.54) is 0 Å². The lowest BCUT2D eigenvalue weighted by Gasteiger charge is -2.34. The molecule has 3 aromatic rings. The molecule has 154 valence electrons. The fourth-order valence-electron chi connectivity index (χ4n) is 3.78. The predicted octanol–water partition coefficient (Wildman–Crippen LogP) is 5.06. The molecule has 1 amide bonds. The number of hydrogen-bond donors (Lipinski definition) is 0. The Kier molecular flexibility index (Phi) is 5.17. The van der Waals surface area contributed by atoms with Crippen molar-refractivity contribution in [2.24, 2.45) is 0 Å². The maximum absolute atomic E-state index is 12.5. The van der Waals surface area contributed by atoms with E-state index >= 15 is 0 Å². The van der Waals surface area contributed by atoms with Gasteiger partial charge in [-0.15, -0.1) is 0 Å². The Balaban J connectivity index is 1.60. The Labute approximate surface area is 176 Å². The molecule has 1 unspecified atom stereocenters. The third kappa shape index (κ3) is 4.13. The number of carbonyl (C=O) groups is 1. The highest BCUT2D eigenvalue weighted by molar-refractivity contribution is 5.80. The van der Waals surface area contributed by atoms with E-state index in [1.807, 2.05) is 45.0 Å². The van der Waals surface area contributed by atoms with Crippen molar-refractivity contribution in [2.75, 3.05) is 13.1 Å². The van der Waals surface area contributed by atoms with E-state index in [1.54, 1.807) is 27.9 Å². The molecule has 1 aliphatic heterocycles. The summed E-state index contributed by atoms with van der Waals surface area (Å²) in [6.45, 7) is 14.2. The number of fused-ring (bicyclic) bond motifs is 1. The maximum Gasteiger partial charge on any atom is 0.410 e. The van der Waals surface area contributed by atoms with Crippen LogP contribution in [-0.2, 0) is 4.74 Å². The molecule has 0 radical (unpaired) electrons. The summed E-state index contributed by atoms with van der Waals surface area (Å²) >= 11 is 0. The molecule has 7 nitrogen and oxygen atoms in total. The van der Waals surface area contributed by atoms with Crippen LogP contribution < -0.4 is 0 Å². The van der Waals surface area contributed by atoms with Crippen LogP contribution in [0.2, 0.25) is 0 Å².